The lowest BCUT2D eigenvalue weighted by Crippen LogP contribution is -2.33. The van der Waals surface area contributed by atoms with Crippen molar-refractivity contribution in [2.75, 3.05) is 27.4 Å². The zero-order valence-corrected chi connectivity index (χ0v) is 13.1. The number of benzene rings is 1. The monoisotopic (exact) mass is 309 g/mol. The maximum atomic E-state index is 12.2. The molecular formula is C14H19N3O3S. The molecule has 0 saturated heterocycles. The molecule has 0 aliphatic rings. The molecule has 0 spiro atoms. The van der Waals surface area contributed by atoms with Gasteiger partial charge in [-0.05, 0) is 31.3 Å². The number of fused-ring (bicyclic) bond motifs is 1. The Labute approximate surface area is 128 Å². The number of hydrogen-bond acceptors (Lipinski definition) is 4. The Balaban J connectivity index is 2.30. The maximum Gasteiger partial charge on any atom is 0.242 e. The minimum Gasteiger partial charge on any atom is -0.497 e. The van der Waals surface area contributed by atoms with Crippen LogP contribution in [0.1, 0.15) is 13.0 Å². The van der Waals surface area contributed by atoms with E-state index in [9.17, 15) is 4.79 Å². The van der Waals surface area contributed by atoms with E-state index in [4.69, 9.17) is 21.7 Å². The largest absolute Gasteiger partial charge is 0.497 e. The van der Waals surface area contributed by atoms with E-state index < -0.39 is 6.04 Å². The summed E-state index contributed by atoms with van der Waals surface area (Å²) in [5, 5.41) is 2.82. The molecule has 2 N–H and O–H groups in total. The van der Waals surface area contributed by atoms with Gasteiger partial charge in [-0.15, -0.1) is 0 Å². The lowest BCUT2D eigenvalue weighted by atomic mass is 10.2. The fourth-order valence-corrected chi connectivity index (χ4v) is 2.53. The number of hydrogen-bond donors (Lipinski definition) is 2. The minimum atomic E-state index is -0.406. The molecule has 0 saturated carbocycles. The first-order chi connectivity index (χ1) is 10.1. The molecule has 0 bridgehead atoms. The number of carbonyl (C=O) groups excluding carboxylic acids is 1. The molecular weight excluding hydrogens is 290 g/mol. The molecule has 2 aromatic rings. The number of nitrogens with zero attached hydrogens (tertiary/aromatic N) is 1. The van der Waals surface area contributed by atoms with Crippen LogP contribution in [-0.4, -0.2) is 42.8 Å². The van der Waals surface area contributed by atoms with Crippen molar-refractivity contribution in [3.8, 4) is 5.75 Å². The summed E-state index contributed by atoms with van der Waals surface area (Å²) in [5.41, 5.74) is 1.71. The van der Waals surface area contributed by atoms with E-state index in [0.717, 1.165) is 16.8 Å². The van der Waals surface area contributed by atoms with Gasteiger partial charge in [0.25, 0.3) is 0 Å². The molecule has 6 nitrogen and oxygen atoms in total. The number of imidazole rings is 1. The Hall–Kier alpha value is -1.86. The number of aromatic amines is 1. The summed E-state index contributed by atoms with van der Waals surface area (Å²) >= 11 is 5.33. The van der Waals surface area contributed by atoms with E-state index in [2.05, 4.69) is 10.3 Å². The summed E-state index contributed by atoms with van der Waals surface area (Å²) < 4.78 is 12.4. The van der Waals surface area contributed by atoms with Crippen LogP contribution in [0.4, 0.5) is 0 Å². The number of methoxy groups -OCH3 is 2. The van der Waals surface area contributed by atoms with Crippen molar-refractivity contribution in [2.24, 2.45) is 0 Å². The molecule has 1 aromatic heterocycles. The summed E-state index contributed by atoms with van der Waals surface area (Å²) in [5.74, 6) is 0.642. The molecule has 1 atom stereocenters. The molecule has 0 fully saturated rings. The molecule has 1 amide bonds. The molecule has 2 rings (SSSR count). The standard InChI is InChI=1S/C14H19N3O3S/c1-9(13(18)15-6-7-19-2)17-12-5-4-10(20-3)8-11(12)16-14(17)21/h4-5,8-9H,6-7H2,1-3H3,(H,15,18)(H,16,21). The smallest absolute Gasteiger partial charge is 0.242 e. The highest BCUT2D eigenvalue weighted by atomic mass is 32.1. The molecule has 1 unspecified atom stereocenters. The van der Waals surface area contributed by atoms with E-state index in [-0.39, 0.29) is 5.91 Å². The highest BCUT2D eigenvalue weighted by Crippen LogP contribution is 2.23. The van der Waals surface area contributed by atoms with Crippen LogP contribution in [0.15, 0.2) is 18.2 Å². The number of nitrogens with one attached hydrogen (secondary N) is 2. The fraction of sp³-hybridized carbons (Fsp3) is 0.429. The van der Waals surface area contributed by atoms with E-state index >= 15 is 0 Å². The Kier molecular flexibility index (Phi) is 4.98. The van der Waals surface area contributed by atoms with Gasteiger partial charge in [0.2, 0.25) is 5.91 Å². The van der Waals surface area contributed by atoms with Crippen molar-refractivity contribution in [1.82, 2.24) is 14.9 Å². The van der Waals surface area contributed by atoms with Crippen LogP contribution in [-0.2, 0) is 9.53 Å². The van der Waals surface area contributed by atoms with E-state index in [1.807, 2.05) is 25.1 Å². The van der Waals surface area contributed by atoms with Crippen molar-refractivity contribution >= 4 is 29.2 Å². The van der Waals surface area contributed by atoms with Gasteiger partial charge < -0.3 is 24.3 Å². The Morgan fingerprint density at radius 3 is 2.90 bits per heavy atom. The number of H-pyrrole nitrogens is 1. The molecule has 1 aromatic carbocycles. The number of amides is 1. The molecule has 114 valence electrons. The Bertz CT molecular complexity index is 692. The first-order valence-corrected chi connectivity index (χ1v) is 7.04. The van der Waals surface area contributed by atoms with Crippen molar-refractivity contribution in [1.29, 1.82) is 0 Å². The predicted octanol–water partition coefficient (Wildman–Crippen LogP) is 2.03. The second kappa shape index (κ2) is 6.73. The lowest BCUT2D eigenvalue weighted by Gasteiger charge is -2.14. The molecule has 0 radical (unpaired) electrons. The third-order valence-electron chi connectivity index (χ3n) is 3.30. The van der Waals surface area contributed by atoms with Gasteiger partial charge in [0, 0.05) is 19.7 Å². The van der Waals surface area contributed by atoms with Crippen LogP contribution in [0.25, 0.3) is 11.0 Å². The van der Waals surface area contributed by atoms with Gasteiger partial charge in [-0.2, -0.15) is 0 Å². The van der Waals surface area contributed by atoms with Gasteiger partial charge in [0.1, 0.15) is 11.8 Å². The second-order valence-corrected chi connectivity index (χ2v) is 5.03. The highest BCUT2D eigenvalue weighted by molar-refractivity contribution is 7.71. The number of aromatic nitrogens is 2. The third-order valence-corrected chi connectivity index (χ3v) is 3.59. The van der Waals surface area contributed by atoms with E-state index in [0.29, 0.717) is 17.9 Å². The van der Waals surface area contributed by atoms with Crippen molar-refractivity contribution in [3.05, 3.63) is 23.0 Å². The van der Waals surface area contributed by atoms with Crippen LogP contribution < -0.4 is 10.1 Å². The minimum absolute atomic E-state index is 0.0973. The summed E-state index contributed by atoms with van der Waals surface area (Å²) in [6, 6.07) is 5.18. The highest BCUT2D eigenvalue weighted by Gasteiger charge is 2.18. The average molecular weight is 309 g/mol. The first-order valence-electron chi connectivity index (χ1n) is 6.63. The predicted molar refractivity (Wildman–Crippen MR) is 83.3 cm³/mol. The van der Waals surface area contributed by atoms with Gasteiger partial charge in [-0.3, -0.25) is 4.79 Å². The maximum absolute atomic E-state index is 12.2. The zero-order chi connectivity index (χ0) is 15.4. The Morgan fingerprint density at radius 1 is 1.48 bits per heavy atom. The van der Waals surface area contributed by atoms with Crippen LogP contribution >= 0.6 is 12.2 Å². The zero-order valence-electron chi connectivity index (χ0n) is 12.3. The normalized spacial score (nSPS) is 12.3. The van der Waals surface area contributed by atoms with Crippen molar-refractivity contribution < 1.29 is 14.3 Å². The van der Waals surface area contributed by atoms with Crippen LogP contribution in [0.2, 0.25) is 0 Å². The third kappa shape index (κ3) is 3.25. The van der Waals surface area contributed by atoms with E-state index in [1.165, 1.54) is 0 Å². The molecule has 0 aliphatic carbocycles. The molecule has 21 heavy (non-hydrogen) atoms. The average Bonchev–Trinajstić information content (AvgIpc) is 2.81. The molecule has 7 heteroatoms. The number of ether oxygens (including phenoxy) is 2. The van der Waals surface area contributed by atoms with Gasteiger partial charge in [0.15, 0.2) is 4.77 Å². The summed E-state index contributed by atoms with van der Waals surface area (Å²) in [6.45, 7) is 2.77. The van der Waals surface area contributed by atoms with Gasteiger partial charge >= 0.3 is 0 Å². The van der Waals surface area contributed by atoms with Gasteiger partial charge in [-0.25, -0.2) is 0 Å². The molecule has 1 heterocycles. The van der Waals surface area contributed by atoms with Crippen molar-refractivity contribution in [2.45, 2.75) is 13.0 Å². The van der Waals surface area contributed by atoms with Crippen LogP contribution in [0.5, 0.6) is 5.75 Å². The van der Waals surface area contributed by atoms with Crippen LogP contribution in [0.3, 0.4) is 0 Å². The fourth-order valence-electron chi connectivity index (χ4n) is 2.16. The SMILES string of the molecule is COCCNC(=O)C(C)n1c(=S)[nH]c2cc(OC)ccc21. The topological polar surface area (TPSA) is 68.3 Å². The summed E-state index contributed by atoms with van der Waals surface area (Å²) in [6.07, 6.45) is 0. The Morgan fingerprint density at radius 2 is 2.24 bits per heavy atom. The van der Waals surface area contributed by atoms with Gasteiger partial charge in [0.05, 0.1) is 24.8 Å². The number of carbonyl (C=O) groups is 1. The van der Waals surface area contributed by atoms with Crippen LogP contribution in [0, 0.1) is 4.77 Å². The quantitative estimate of drug-likeness (QED) is 0.633. The lowest BCUT2D eigenvalue weighted by molar-refractivity contribution is -0.124. The second-order valence-electron chi connectivity index (χ2n) is 4.64. The summed E-state index contributed by atoms with van der Waals surface area (Å²) in [4.78, 5) is 15.3. The van der Waals surface area contributed by atoms with E-state index in [1.54, 1.807) is 18.8 Å². The van der Waals surface area contributed by atoms with Crippen molar-refractivity contribution in [3.63, 3.8) is 0 Å². The number of rotatable bonds is 6. The summed E-state index contributed by atoms with van der Waals surface area (Å²) in [7, 11) is 3.21. The molecule has 0 aliphatic heterocycles. The first kappa shape index (κ1) is 15.5. The van der Waals surface area contributed by atoms with Gasteiger partial charge in [-0.1, -0.05) is 0 Å².